The number of halogens is 1. The van der Waals surface area contributed by atoms with Crippen molar-refractivity contribution in [2.75, 3.05) is 26.4 Å². The predicted octanol–water partition coefficient (Wildman–Crippen LogP) is 3.81. The highest BCUT2D eigenvalue weighted by Gasteiger charge is 2.22. The molecule has 1 aromatic carbocycles. The van der Waals surface area contributed by atoms with Crippen LogP contribution in [-0.2, 0) is 0 Å². The summed E-state index contributed by atoms with van der Waals surface area (Å²) in [6.07, 6.45) is 2.36. The summed E-state index contributed by atoms with van der Waals surface area (Å²) in [5.41, 5.74) is 1.38. The Kier molecular flexibility index (Phi) is 5.58. The van der Waals surface area contributed by atoms with E-state index in [4.69, 9.17) is 11.6 Å². The van der Waals surface area contributed by atoms with Gasteiger partial charge in [0.25, 0.3) is 0 Å². The maximum Gasteiger partial charge on any atom is 0.0410 e. The van der Waals surface area contributed by atoms with Crippen molar-refractivity contribution in [1.29, 1.82) is 0 Å². The van der Waals surface area contributed by atoms with E-state index in [-0.39, 0.29) is 0 Å². The smallest absolute Gasteiger partial charge is 0.0410 e. The van der Waals surface area contributed by atoms with Gasteiger partial charge in [0.15, 0.2) is 0 Å². The molecule has 1 aliphatic rings. The average molecular weight is 299 g/mol. The number of nitrogens with zero attached hydrogens (tertiary/aromatic N) is 1. The second-order valence-corrected chi connectivity index (χ2v) is 7.10. The fourth-order valence-corrected chi connectivity index (χ4v) is 3.70. The molecule has 0 aliphatic carbocycles. The van der Waals surface area contributed by atoms with E-state index in [1.165, 1.54) is 29.1 Å². The van der Waals surface area contributed by atoms with Crippen molar-refractivity contribution >= 4 is 23.4 Å². The minimum atomic E-state index is 0.451. The van der Waals surface area contributed by atoms with Crippen LogP contribution >= 0.6 is 23.4 Å². The number of thioether (sulfide) groups is 1. The van der Waals surface area contributed by atoms with E-state index < -0.39 is 0 Å². The molecule has 106 valence electrons. The lowest BCUT2D eigenvalue weighted by atomic mass is 10.0. The summed E-state index contributed by atoms with van der Waals surface area (Å²) in [4.78, 5) is 3.62. The maximum absolute atomic E-state index is 6.14. The third-order valence-electron chi connectivity index (χ3n) is 3.51. The molecule has 0 saturated carbocycles. The molecular weight excluding hydrogens is 276 g/mol. The van der Waals surface area contributed by atoms with Crippen molar-refractivity contribution in [3.05, 3.63) is 28.8 Å². The maximum atomic E-state index is 6.14. The molecule has 1 aliphatic heterocycles. The van der Waals surface area contributed by atoms with Crippen LogP contribution in [0.5, 0.6) is 0 Å². The second-order valence-electron chi connectivity index (χ2n) is 5.53. The molecule has 0 fully saturated rings. The Hall–Kier alpha value is -0.220. The summed E-state index contributed by atoms with van der Waals surface area (Å²) in [7, 11) is 4.25. The molecule has 2 nitrogen and oxygen atoms in total. The SMILES string of the molecule is CC(CCN(C)C)NC1CCSc2ccc(Cl)cc21. The predicted molar refractivity (Wildman–Crippen MR) is 85.3 cm³/mol. The van der Waals surface area contributed by atoms with Crippen LogP contribution < -0.4 is 5.32 Å². The lowest BCUT2D eigenvalue weighted by molar-refractivity contribution is 0.346. The summed E-state index contributed by atoms with van der Waals surface area (Å²) < 4.78 is 0. The molecule has 2 atom stereocenters. The van der Waals surface area contributed by atoms with Gasteiger partial charge in [0.05, 0.1) is 0 Å². The molecule has 0 bridgehead atoms. The zero-order valence-electron chi connectivity index (χ0n) is 11.9. The van der Waals surface area contributed by atoms with Crippen LogP contribution in [0.25, 0.3) is 0 Å². The van der Waals surface area contributed by atoms with Gasteiger partial charge in [-0.3, -0.25) is 0 Å². The number of rotatable bonds is 5. The first kappa shape index (κ1) is 15.2. The fourth-order valence-electron chi connectivity index (χ4n) is 2.42. The summed E-state index contributed by atoms with van der Waals surface area (Å²) in [5, 5.41) is 4.60. The van der Waals surface area contributed by atoms with Crippen molar-refractivity contribution in [2.24, 2.45) is 0 Å². The topological polar surface area (TPSA) is 15.3 Å². The molecule has 19 heavy (non-hydrogen) atoms. The summed E-state index contributed by atoms with van der Waals surface area (Å²) in [6.45, 7) is 3.40. The molecule has 0 aromatic heterocycles. The van der Waals surface area contributed by atoms with Crippen molar-refractivity contribution in [3.63, 3.8) is 0 Å². The van der Waals surface area contributed by atoms with Crippen molar-refractivity contribution in [2.45, 2.75) is 36.7 Å². The summed E-state index contributed by atoms with van der Waals surface area (Å²) >= 11 is 8.08. The van der Waals surface area contributed by atoms with E-state index in [1.54, 1.807) is 0 Å². The van der Waals surface area contributed by atoms with E-state index in [0.29, 0.717) is 12.1 Å². The summed E-state index contributed by atoms with van der Waals surface area (Å²) in [6, 6.07) is 7.25. The second kappa shape index (κ2) is 6.98. The third-order valence-corrected chi connectivity index (χ3v) is 4.86. The first-order valence-corrected chi connectivity index (χ1v) is 8.25. The van der Waals surface area contributed by atoms with Gasteiger partial charge in [0.2, 0.25) is 0 Å². The van der Waals surface area contributed by atoms with Gasteiger partial charge in [-0.05, 0) is 69.9 Å². The number of fused-ring (bicyclic) bond motifs is 1. The fraction of sp³-hybridized carbons (Fsp3) is 0.600. The summed E-state index contributed by atoms with van der Waals surface area (Å²) in [5.74, 6) is 1.19. The lowest BCUT2D eigenvalue weighted by Gasteiger charge is -2.29. The Labute approximate surface area is 125 Å². The van der Waals surface area contributed by atoms with Gasteiger partial charge in [-0.25, -0.2) is 0 Å². The Morgan fingerprint density at radius 1 is 1.47 bits per heavy atom. The highest BCUT2D eigenvalue weighted by Crippen LogP contribution is 2.37. The van der Waals surface area contributed by atoms with Crippen LogP contribution in [0.15, 0.2) is 23.1 Å². The van der Waals surface area contributed by atoms with Gasteiger partial charge < -0.3 is 10.2 Å². The normalized spacial score (nSPS) is 20.4. The van der Waals surface area contributed by atoms with Gasteiger partial charge in [-0.1, -0.05) is 11.6 Å². The molecule has 0 spiro atoms. The van der Waals surface area contributed by atoms with Crippen molar-refractivity contribution < 1.29 is 0 Å². The van der Waals surface area contributed by atoms with Crippen LogP contribution in [0.1, 0.15) is 31.4 Å². The monoisotopic (exact) mass is 298 g/mol. The standard InChI is InChI=1S/C15H23ClN2S/c1-11(6-8-18(2)3)17-14-7-9-19-15-5-4-12(16)10-13(14)15/h4-5,10-11,14,17H,6-9H2,1-3H3. The van der Waals surface area contributed by atoms with E-state index >= 15 is 0 Å². The van der Waals surface area contributed by atoms with Gasteiger partial charge >= 0.3 is 0 Å². The van der Waals surface area contributed by atoms with E-state index in [9.17, 15) is 0 Å². The number of hydrogen-bond acceptors (Lipinski definition) is 3. The minimum Gasteiger partial charge on any atom is -0.309 e. The Morgan fingerprint density at radius 3 is 3.00 bits per heavy atom. The molecule has 0 radical (unpaired) electrons. The van der Waals surface area contributed by atoms with Crippen LogP contribution in [0.2, 0.25) is 5.02 Å². The van der Waals surface area contributed by atoms with Crippen molar-refractivity contribution in [1.82, 2.24) is 10.2 Å². The Bertz CT molecular complexity index is 423. The van der Waals surface area contributed by atoms with E-state index in [1.807, 2.05) is 17.8 Å². The van der Waals surface area contributed by atoms with Crippen LogP contribution in [0.3, 0.4) is 0 Å². The molecule has 0 amide bonds. The molecule has 1 N–H and O–H groups in total. The number of hydrogen-bond donors (Lipinski definition) is 1. The molecule has 0 saturated heterocycles. The quantitative estimate of drug-likeness (QED) is 0.890. The average Bonchev–Trinajstić information content (AvgIpc) is 2.37. The van der Waals surface area contributed by atoms with Crippen molar-refractivity contribution in [3.8, 4) is 0 Å². The molecule has 2 unspecified atom stereocenters. The third kappa shape index (κ3) is 4.38. The largest absolute Gasteiger partial charge is 0.309 e. The van der Waals surface area contributed by atoms with Crippen LogP contribution in [0.4, 0.5) is 0 Å². The molecule has 4 heteroatoms. The Morgan fingerprint density at radius 2 is 2.26 bits per heavy atom. The number of benzene rings is 1. The molecule has 2 rings (SSSR count). The molecular formula is C15H23ClN2S. The highest BCUT2D eigenvalue weighted by molar-refractivity contribution is 7.99. The van der Waals surface area contributed by atoms with E-state index in [0.717, 1.165) is 11.6 Å². The van der Waals surface area contributed by atoms with Gasteiger partial charge in [-0.15, -0.1) is 11.8 Å². The Balaban J connectivity index is 2.00. The van der Waals surface area contributed by atoms with Gasteiger partial charge in [0, 0.05) is 22.0 Å². The first-order chi connectivity index (χ1) is 9.06. The minimum absolute atomic E-state index is 0.451. The lowest BCUT2D eigenvalue weighted by Crippen LogP contribution is -2.34. The number of nitrogens with one attached hydrogen (secondary N) is 1. The van der Waals surface area contributed by atoms with Crippen LogP contribution in [0, 0.1) is 0 Å². The molecule has 1 heterocycles. The van der Waals surface area contributed by atoms with Gasteiger partial charge in [0.1, 0.15) is 0 Å². The van der Waals surface area contributed by atoms with E-state index in [2.05, 4.69) is 43.4 Å². The molecule has 1 aromatic rings. The van der Waals surface area contributed by atoms with Gasteiger partial charge in [-0.2, -0.15) is 0 Å². The highest BCUT2D eigenvalue weighted by atomic mass is 35.5. The van der Waals surface area contributed by atoms with Crippen LogP contribution in [-0.4, -0.2) is 37.3 Å². The zero-order chi connectivity index (χ0) is 13.8. The first-order valence-electron chi connectivity index (χ1n) is 6.89. The zero-order valence-corrected chi connectivity index (χ0v) is 13.5.